The van der Waals surface area contributed by atoms with Crippen molar-refractivity contribution in [3.63, 3.8) is 0 Å². The number of pyridine rings is 1. The lowest BCUT2D eigenvalue weighted by atomic mass is 10.1. The standard InChI is InChI=1S/C15H18N4OS/c20-14(18-8-2-11-1-5-17-9-11)13-10-19-15(21-13)12-3-6-16-7-4-12/h3-4,6-7,10-11,17H,1-2,5,8-9H2,(H,18,20). The van der Waals surface area contributed by atoms with E-state index in [-0.39, 0.29) is 5.91 Å². The van der Waals surface area contributed by atoms with E-state index in [9.17, 15) is 4.79 Å². The Balaban J connectivity index is 1.54. The lowest BCUT2D eigenvalue weighted by molar-refractivity contribution is 0.0955. The molecule has 0 bridgehead atoms. The third-order valence-electron chi connectivity index (χ3n) is 3.66. The maximum atomic E-state index is 12.1. The van der Waals surface area contributed by atoms with Gasteiger partial charge in [0.1, 0.15) is 9.88 Å². The van der Waals surface area contributed by atoms with Gasteiger partial charge in [-0.3, -0.25) is 9.78 Å². The smallest absolute Gasteiger partial charge is 0.263 e. The van der Waals surface area contributed by atoms with E-state index in [1.807, 2.05) is 12.1 Å². The van der Waals surface area contributed by atoms with Crippen molar-refractivity contribution in [2.75, 3.05) is 19.6 Å². The number of nitrogens with one attached hydrogen (secondary N) is 2. The summed E-state index contributed by atoms with van der Waals surface area (Å²) in [6.07, 6.45) is 7.35. The molecule has 1 aliphatic heterocycles. The SMILES string of the molecule is O=C(NCCC1CCNC1)c1cnc(-c2ccncc2)s1. The number of aromatic nitrogens is 2. The molecule has 6 heteroatoms. The largest absolute Gasteiger partial charge is 0.351 e. The van der Waals surface area contributed by atoms with Gasteiger partial charge in [0.25, 0.3) is 5.91 Å². The van der Waals surface area contributed by atoms with Gasteiger partial charge in [0.2, 0.25) is 0 Å². The van der Waals surface area contributed by atoms with Crippen molar-refractivity contribution in [2.24, 2.45) is 5.92 Å². The first kappa shape index (κ1) is 14.2. The topological polar surface area (TPSA) is 66.9 Å². The zero-order chi connectivity index (χ0) is 14.5. The van der Waals surface area contributed by atoms with Crippen LogP contribution in [0.2, 0.25) is 0 Å². The molecule has 1 aliphatic rings. The van der Waals surface area contributed by atoms with Crippen molar-refractivity contribution in [1.82, 2.24) is 20.6 Å². The summed E-state index contributed by atoms with van der Waals surface area (Å²) in [5.74, 6) is 0.665. The van der Waals surface area contributed by atoms with Crippen LogP contribution in [0.1, 0.15) is 22.5 Å². The molecule has 1 unspecified atom stereocenters. The predicted molar refractivity (Wildman–Crippen MR) is 83.3 cm³/mol. The maximum absolute atomic E-state index is 12.1. The number of amides is 1. The predicted octanol–water partition coefficient (Wildman–Crippen LogP) is 1.93. The van der Waals surface area contributed by atoms with E-state index in [0.29, 0.717) is 10.8 Å². The molecule has 3 rings (SSSR count). The van der Waals surface area contributed by atoms with Gasteiger partial charge in [-0.2, -0.15) is 0 Å². The number of hydrogen-bond donors (Lipinski definition) is 2. The van der Waals surface area contributed by atoms with E-state index in [1.54, 1.807) is 18.6 Å². The molecule has 0 aromatic carbocycles. The summed E-state index contributed by atoms with van der Waals surface area (Å²) in [6, 6.07) is 3.79. The van der Waals surface area contributed by atoms with Crippen LogP contribution in [0.3, 0.4) is 0 Å². The van der Waals surface area contributed by atoms with Crippen LogP contribution in [0.25, 0.3) is 10.6 Å². The highest BCUT2D eigenvalue weighted by molar-refractivity contribution is 7.16. The van der Waals surface area contributed by atoms with E-state index in [2.05, 4.69) is 20.6 Å². The molecule has 0 aliphatic carbocycles. The molecule has 0 radical (unpaired) electrons. The minimum Gasteiger partial charge on any atom is -0.351 e. The van der Waals surface area contributed by atoms with Crippen molar-refractivity contribution >= 4 is 17.2 Å². The number of rotatable bonds is 5. The molecule has 0 spiro atoms. The molecule has 0 saturated carbocycles. The number of thiazole rings is 1. The van der Waals surface area contributed by atoms with Crippen molar-refractivity contribution in [3.05, 3.63) is 35.6 Å². The molecule has 2 aromatic heterocycles. The van der Waals surface area contributed by atoms with Gasteiger partial charge in [0.05, 0.1) is 6.20 Å². The van der Waals surface area contributed by atoms with Crippen LogP contribution in [0, 0.1) is 5.92 Å². The van der Waals surface area contributed by atoms with E-state index >= 15 is 0 Å². The Hall–Kier alpha value is -1.79. The van der Waals surface area contributed by atoms with Gasteiger partial charge in [-0.15, -0.1) is 11.3 Å². The third kappa shape index (κ3) is 3.65. The quantitative estimate of drug-likeness (QED) is 0.886. The highest BCUT2D eigenvalue weighted by atomic mass is 32.1. The fraction of sp³-hybridized carbons (Fsp3) is 0.400. The molecule has 110 valence electrons. The van der Waals surface area contributed by atoms with Gasteiger partial charge in [-0.25, -0.2) is 4.98 Å². The lowest BCUT2D eigenvalue weighted by Crippen LogP contribution is -2.25. The van der Waals surface area contributed by atoms with Gasteiger partial charge >= 0.3 is 0 Å². The third-order valence-corrected chi connectivity index (χ3v) is 4.70. The first-order valence-corrected chi connectivity index (χ1v) is 8.00. The van der Waals surface area contributed by atoms with Crippen molar-refractivity contribution in [3.8, 4) is 10.6 Å². The number of nitrogens with zero attached hydrogens (tertiary/aromatic N) is 2. The summed E-state index contributed by atoms with van der Waals surface area (Å²) >= 11 is 1.41. The lowest BCUT2D eigenvalue weighted by Gasteiger charge is -2.08. The Morgan fingerprint density at radius 1 is 1.43 bits per heavy atom. The molecule has 3 heterocycles. The molecule has 2 N–H and O–H groups in total. The fourth-order valence-electron chi connectivity index (χ4n) is 2.44. The highest BCUT2D eigenvalue weighted by Gasteiger charge is 2.15. The first-order valence-electron chi connectivity index (χ1n) is 7.18. The highest BCUT2D eigenvalue weighted by Crippen LogP contribution is 2.24. The van der Waals surface area contributed by atoms with Gasteiger partial charge in [0.15, 0.2) is 0 Å². The average Bonchev–Trinajstić information content (AvgIpc) is 3.20. The van der Waals surface area contributed by atoms with Crippen LogP contribution in [0.4, 0.5) is 0 Å². The van der Waals surface area contributed by atoms with Crippen LogP contribution in [-0.4, -0.2) is 35.5 Å². The van der Waals surface area contributed by atoms with Crippen molar-refractivity contribution in [2.45, 2.75) is 12.8 Å². The van der Waals surface area contributed by atoms with Gasteiger partial charge in [-0.1, -0.05) is 0 Å². The second-order valence-electron chi connectivity index (χ2n) is 5.17. The van der Waals surface area contributed by atoms with Crippen molar-refractivity contribution < 1.29 is 4.79 Å². The monoisotopic (exact) mass is 302 g/mol. The molecule has 21 heavy (non-hydrogen) atoms. The Morgan fingerprint density at radius 3 is 3.05 bits per heavy atom. The summed E-state index contributed by atoms with van der Waals surface area (Å²) in [4.78, 5) is 21.0. The van der Waals surface area contributed by atoms with E-state index < -0.39 is 0 Å². The van der Waals surface area contributed by atoms with Crippen molar-refractivity contribution in [1.29, 1.82) is 0 Å². The van der Waals surface area contributed by atoms with E-state index in [1.165, 1.54) is 17.8 Å². The molecule has 5 nitrogen and oxygen atoms in total. The molecule has 1 amide bonds. The zero-order valence-electron chi connectivity index (χ0n) is 11.7. The summed E-state index contributed by atoms with van der Waals surface area (Å²) in [6.45, 7) is 2.90. The molecule has 1 saturated heterocycles. The van der Waals surface area contributed by atoms with Crippen LogP contribution in [0.15, 0.2) is 30.7 Å². The Morgan fingerprint density at radius 2 is 2.29 bits per heavy atom. The summed E-state index contributed by atoms with van der Waals surface area (Å²) in [7, 11) is 0. The van der Waals surface area contributed by atoms with Crippen LogP contribution >= 0.6 is 11.3 Å². The van der Waals surface area contributed by atoms with Crippen LogP contribution < -0.4 is 10.6 Å². The van der Waals surface area contributed by atoms with Crippen LogP contribution in [0.5, 0.6) is 0 Å². The maximum Gasteiger partial charge on any atom is 0.263 e. The number of carbonyl (C=O) groups excluding carboxylic acids is 1. The number of carbonyl (C=O) groups is 1. The van der Waals surface area contributed by atoms with E-state index in [0.717, 1.165) is 36.6 Å². The molecular weight excluding hydrogens is 284 g/mol. The summed E-state index contributed by atoms with van der Waals surface area (Å²) < 4.78 is 0. The van der Waals surface area contributed by atoms with Gasteiger partial charge in [0, 0.05) is 24.5 Å². The normalized spacial score (nSPS) is 17.8. The molecule has 1 fully saturated rings. The molecule has 2 aromatic rings. The Bertz CT molecular complexity index is 593. The van der Waals surface area contributed by atoms with Gasteiger partial charge in [-0.05, 0) is 44.0 Å². The fourth-order valence-corrected chi connectivity index (χ4v) is 3.28. The van der Waals surface area contributed by atoms with Crippen LogP contribution in [-0.2, 0) is 0 Å². The first-order chi connectivity index (χ1) is 10.3. The second-order valence-corrected chi connectivity index (χ2v) is 6.20. The van der Waals surface area contributed by atoms with E-state index in [4.69, 9.17) is 0 Å². The average molecular weight is 302 g/mol. The molecular formula is C15H18N4OS. The Kier molecular flexibility index (Phi) is 4.57. The van der Waals surface area contributed by atoms with Gasteiger partial charge < -0.3 is 10.6 Å². The zero-order valence-corrected chi connectivity index (χ0v) is 12.5. The second kappa shape index (κ2) is 6.78. The minimum absolute atomic E-state index is 0.0289. The number of hydrogen-bond acceptors (Lipinski definition) is 5. The summed E-state index contributed by atoms with van der Waals surface area (Å²) in [5.41, 5.74) is 0.992. The molecule has 1 atom stereocenters. The Labute approximate surface area is 127 Å². The summed E-state index contributed by atoms with van der Waals surface area (Å²) in [5, 5.41) is 7.17. The minimum atomic E-state index is -0.0289.